The van der Waals surface area contributed by atoms with E-state index in [0.717, 1.165) is 17.1 Å². The van der Waals surface area contributed by atoms with Crippen LogP contribution in [0.1, 0.15) is 10.9 Å². The lowest BCUT2D eigenvalue weighted by atomic mass is 10.2. The fourth-order valence-electron chi connectivity index (χ4n) is 1.20. The zero-order valence-electron chi connectivity index (χ0n) is 8.57. The van der Waals surface area contributed by atoms with Crippen molar-refractivity contribution in [1.82, 2.24) is 5.32 Å². The van der Waals surface area contributed by atoms with Gasteiger partial charge < -0.3 is 14.8 Å². The lowest BCUT2D eigenvalue weighted by Gasteiger charge is -2.14. The van der Waals surface area contributed by atoms with Crippen LogP contribution in [0.15, 0.2) is 18.2 Å². The molecular weight excluding hydrogens is 198 g/mol. The second kappa shape index (κ2) is 5.12. The lowest BCUT2D eigenvalue weighted by molar-refractivity contribution is 0.390. The van der Waals surface area contributed by atoms with Crippen molar-refractivity contribution in [2.45, 2.75) is 5.37 Å². The molecule has 0 saturated heterocycles. The van der Waals surface area contributed by atoms with Crippen molar-refractivity contribution >= 4 is 12.6 Å². The van der Waals surface area contributed by atoms with Crippen LogP contribution in [0.3, 0.4) is 0 Å². The summed E-state index contributed by atoms with van der Waals surface area (Å²) in [5.74, 6) is 1.56. The first-order valence-corrected chi connectivity index (χ1v) is 4.81. The topological polar surface area (TPSA) is 30.5 Å². The molecule has 1 rings (SSSR count). The summed E-state index contributed by atoms with van der Waals surface area (Å²) in [6, 6.07) is 5.67. The van der Waals surface area contributed by atoms with Crippen LogP contribution in [0.5, 0.6) is 11.5 Å². The van der Waals surface area contributed by atoms with E-state index in [1.807, 2.05) is 25.2 Å². The Bertz CT molecular complexity index is 304. The number of nitrogens with one attached hydrogen (secondary N) is 1. The smallest absolute Gasteiger partial charge is 0.128 e. The number of ether oxygens (including phenoxy) is 2. The van der Waals surface area contributed by atoms with Gasteiger partial charge in [-0.25, -0.2) is 0 Å². The van der Waals surface area contributed by atoms with Gasteiger partial charge >= 0.3 is 0 Å². The third-order valence-electron chi connectivity index (χ3n) is 2.01. The SMILES string of the molecule is CNC(S)c1ccc(OC)cc1OC. The standard InChI is InChI=1S/C10H15NO2S/c1-11-10(14)8-5-4-7(12-2)6-9(8)13-3/h4-6,10-11,14H,1-3H3. The van der Waals surface area contributed by atoms with E-state index in [0.29, 0.717) is 0 Å². The van der Waals surface area contributed by atoms with Crippen LogP contribution in [0.4, 0.5) is 0 Å². The van der Waals surface area contributed by atoms with Gasteiger partial charge in [0, 0.05) is 11.6 Å². The van der Waals surface area contributed by atoms with Crippen LogP contribution in [0, 0.1) is 0 Å². The molecule has 0 bridgehead atoms. The molecule has 1 N–H and O–H groups in total. The van der Waals surface area contributed by atoms with Crippen LogP contribution in [-0.2, 0) is 0 Å². The van der Waals surface area contributed by atoms with Crippen LogP contribution in [-0.4, -0.2) is 21.3 Å². The molecule has 1 aromatic rings. The third kappa shape index (κ3) is 2.33. The van der Waals surface area contributed by atoms with Crippen molar-refractivity contribution in [2.75, 3.05) is 21.3 Å². The van der Waals surface area contributed by atoms with Gasteiger partial charge in [-0.05, 0) is 19.2 Å². The molecule has 0 saturated carbocycles. The molecule has 0 amide bonds. The maximum Gasteiger partial charge on any atom is 0.128 e. The molecular formula is C10H15NO2S. The Morgan fingerprint density at radius 1 is 1.29 bits per heavy atom. The molecule has 4 heteroatoms. The molecule has 14 heavy (non-hydrogen) atoms. The maximum absolute atomic E-state index is 5.24. The highest BCUT2D eigenvalue weighted by molar-refractivity contribution is 7.80. The molecule has 0 radical (unpaired) electrons. The first kappa shape index (κ1) is 11.2. The van der Waals surface area contributed by atoms with E-state index in [9.17, 15) is 0 Å². The average molecular weight is 213 g/mol. The molecule has 0 fully saturated rings. The van der Waals surface area contributed by atoms with Crippen molar-refractivity contribution in [3.05, 3.63) is 23.8 Å². The van der Waals surface area contributed by atoms with Gasteiger partial charge in [0.1, 0.15) is 11.5 Å². The fraction of sp³-hybridized carbons (Fsp3) is 0.400. The Morgan fingerprint density at radius 3 is 2.50 bits per heavy atom. The molecule has 1 unspecified atom stereocenters. The van der Waals surface area contributed by atoms with Gasteiger partial charge in [-0.15, -0.1) is 0 Å². The zero-order chi connectivity index (χ0) is 10.6. The normalized spacial score (nSPS) is 12.3. The first-order chi connectivity index (χ1) is 6.72. The van der Waals surface area contributed by atoms with E-state index in [1.165, 1.54) is 0 Å². The summed E-state index contributed by atoms with van der Waals surface area (Å²) in [7, 11) is 5.11. The minimum Gasteiger partial charge on any atom is -0.497 e. The summed E-state index contributed by atoms with van der Waals surface area (Å²) in [6.45, 7) is 0. The Kier molecular flexibility index (Phi) is 4.10. The summed E-state index contributed by atoms with van der Waals surface area (Å²) in [5.41, 5.74) is 0.999. The van der Waals surface area contributed by atoms with Crippen LogP contribution in [0.25, 0.3) is 0 Å². The Morgan fingerprint density at radius 2 is 2.00 bits per heavy atom. The fourth-order valence-corrected chi connectivity index (χ4v) is 1.41. The minimum atomic E-state index is -0.0316. The monoisotopic (exact) mass is 213 g/mol. The van der Waals surface area contributed by atoms with Gasteiger partial charge in [0.05, 0.1) is 19.6 Å². The number of benzene rings is 1. The molecule has 0 heterocycles. The van der Waals surface area contributed by atoms with E-state index in [2.05, 4.69) is 17.9 Å². The zero-order valence-corrected chi connectivity index (χ0v) is 9.47. The quantitative estimate of drug-likeness (QED) is 0.591. The minimum absolute atomic E-state index is 0.0316. The molecule has 0 aromatic heterocycles. The van der Waals surface area contributed by atoms with Crippen LogP contribution < -0.4 is 14.8 Å². The second-order valence-corrected chi connectivity index (χ2v) is 3.32. The van der Waals surface area contributed by atoms with Crippen LogP contribution >= 0.6 is 12.6 Å². The first-order valence-electron chi connectivity index (χ1n) is 4.30. The summed E-state index contributed by atoms with van der Waals surface area (Å²) < 4.78 is 10.3. The molecule has 1 atom stereocenters. The van der Waals surface area contributed by atoms with Crippen molar-refractivity contribution in [3.8, 4) is 11.5 Å². The number of hydrogen-bond acceptors (Lipinski definition) is 4. The Hall–Kier alpha value is -0.870. The van der Waals surface area contributed by atoms with Gasteiger partial charge in [0.15, 0.2) is 0 Å². The number of methoxy groups -OCH3 is 2. The van der Waals surface area contributed by atoms with Crippen molar-refractivity contribution < 1.29 is 9.47 Å². The van der Waals surface area contributed by atoms with E-state index < -0.39 is 0 Å². The Labute approximate surface area is 89.8 Å². The highest BCUT2D eigenvalue weighted by Gasteiger charge is 2.10. The van der Waals surface area contributed by atoms with Gasteiger partial charge in [-0.3, -0.25) is 0 Å². The number of hydrogen-bond donors (Lipinski definition) is 2. The van der Waals surface area contributed by atoms with Gasteiger partial charge in [-0.1, -0.05) is 0 Å². The van der Waals surface area contributed by atoms with Gasteiger partial charge in [0.2, 0.25) is 0 Å². The molecule has 0 aliphatic carbocycles. The molecule has 0 aliphatic rings. The molecule has 0 spiro atoms. The van der Waals surface area contributed by atoms with E-state index in [4.69, 9.17) is 9.47 Å². The summed E-state index contributed by atoms with van der Waals surface area (Å²) in [4.78, 5) is 0. The van der Waals surface area contributed by atoms with Gasteiger partial charge in [-0.2, -0.15) is 12.6 Å². The molecule has 0 aliphatic heterocycles. The largest absolute Gasteiger partial charge is 0.497 e. The number of rotatable bonds is 4. The molecule has 78 valence electrons. The number of thiol groups is 1. The highest BCUT2D eigenvalue weighted by Crippen LogP contribution is 2.30. The van der Waals surface area contributed by atoms with E-state index in [1.54, 1.807) is 14.2 Å². The van der Waals surface area contributed by atoms with Crippen LogP contribution in [0.2, 0.25) is 0 Å². The summed E-state index contributed by atoms with van der Waals surface area (Å²) in [6.07, 6.45) is 0. The third-order valence-corrected chi connectivity index (χ3v) is 2.55. The maximum atomic E-state index is 5.24. The molecule has 1 aromatic carbocycles. The second-order valence-electron chi connectivity index (χ2n) is 2.80. The van der Waals surface area contributed by atoms with Crippen molar-refractivity contribution in [2.24, 2.45) is 0 Å². The summed E-state index contributed by atoms with van der Waals surface area (Å²) in [5, 5.41) is 3.01. The predicted octanol–water partition coefficient (Wildman–Crippen LogP) is 1.85. The average Bonchev–Trinajstić information content (AvgIpc) is 2.27. The molecule has 3 nitrogen and oxygen atoms in total. The lowest BCUT2D eigenvalue weighted by Crippen LogP contribution is -2.11. The highest BCUT2D eigenvalue weighted by atomic mass is 32.1. The Balaban J connectivity index is 3.04. The van der Waals surface area contributed by atoms with E-state index in [-0.39, 0.29) is 5.37 Å². The van der Waals surface area contributed by atoms with Gasteiger partial charge in [0.25, 0.3) is 0 Å². The van der Waals surface area contributed by atoms with Crippen molar-refractivity contribution in [3.63, 3.8) is 0 Å². The van der Waals surface area contributed by atoms with Crippen molar-refractivity contribution in [1.29, 1.82) is 0 Å². The predicted molar refractivity (Wildman–Crippen MR) is 60.3 cm³/mol. The summed E-state index contributed by atoms with van der Waals surface area (Å²) >= 11 is 4.37. The van der Waals surface area contributed by atoms with E-state index >= 15 is 0 Å².